The summed E-state index contributed by atoms with van der Waals surface area (Å²) in [5.74, 6) is 2.59. The Morgan fingerprint density at radius 3 is 2.60 bits per heavy atom. The molecule has 2 aromatic carbocycles. The standard InChI is InChI=1S/C38H30N2O2/c39-21-23-5-3-6-25(15-23)27-17-28(26-12-13-32-31-7-1-2-9-34(31)42-37(32)20-26)19-29(18-27)30-8-4-10-36-38(30)33-16-24(22-40)11-14-35(33)41-36/h2-6,8-9,15-20,31,34,36H,1,7,10-14H2. The van der Waals surface area contributed by atoms with Crippen molar-refractivity contribution in [1.82, 2.24) is 0 Å². The van der Waals surface area contributed by atoms with Crippen molar-refractivity contribution in [2.75, 3.05) is 0 Å². The number of hydrogen-bond acceptors (Lipinski definition) is 4. The van der Waals surface area contributed by atoms with Crippen molar-refractivity contribution in [3.8, 4) is 23.3 Å². The highest BCUT2D eigenvalue weighted by Crippen LogP contribution is 2.48. The Bertz CT molecular complexity index is 1850. The van der Waals surface area contributed by atoms with E-state index >= 15 is 0 Å². The molecule has 0 fully saturated rings. The van der Waals surface area contributed by atoms with E-state index in [0.717, 1.165) is 83.5 Å². The average Bonchev–Trinajstić information content (AvgIpc) is 3.62. The quantitative estimate of drug-likeness (QED) is 0.362. The van der Waals surface area contributed by atoms with Gasteiger partial charge in [0, 0.05) is 35.5 Å². The second kappa shape index (κ2) is 9.93. The minimum atomic E-state index is -0.0248. The number of benzene rings is 2. The van der Waals surface area contributed by atoms with Gasteiger partial charge in [-0.3, -0.25) is 0 Å². The number of allylic oxidation sites excluding steroid dienone is 8. The van der Waals surface area contributed by atoms with E-state index in [9.17, 15) is 10.5 Å². The fraction of sp³-hybridized carbons (Fsp3) is 0.263. The SMILES string of the molecule is N#CC1=CC2=C(CC1)OC1CC=CC(c3cc(C4=CC5=C(CC4)C4CCC=CC4O5)cc(-c4cccc(C#N)c4)c3)=C21. The van der Waals surface area contributed by atoms with E-state index in [-0.39, 0.29) is 12.2 Å². The third-order valence-corrected chi connectivity index (χ3v) is 9.51. The van der Waals surface area contributed by atoms with Gasteiger partial charge in [-0.1, -0.05) is 30.4 Å². The van der Waals surface area contributed by atoms with Gasteiger partial charge in [0.15, 0.2) is 0 Å². The third kappa shape index (κ3) is 4.10. The van der Waals surface area contributed by atoms with Crippen molar-refractivity contribution < 1.29 is 9.47 Å². The fourth-order valence-electron chi connectivity index (χ4n) is 7.46. The molecule has 0 amide bonds. The van der Waals surface area contributed by atoms with Gasteiger partial charge in [0.05, 0.1) is 17.7 Å². The number of hydrogen-bond donors (Lipinski definition) is 0. The summed E-state index contributed by atoms with van der Waals surface area (Å²) in [7, 11) is 0. The first-order valence-electron chi connectivity index (χ1n) is 15.0. The Labute approximate surface area is 246 Å². The number of nitrogens with zero attached hydrogens (tertiary/aromatic N) is 2. The van der Waals surface area contributed by atoms with E-state index in [1.54, 1.807) is 0 Å². The molecule has 0 bridgehead atoms. The van der Waals surface area contributed by atoms with E-state index in [0.29, 0.717) is 11.5 Å². The molecule has 0 N–H and O–H groups in total. The normalized spacial score (nSPS) is 25.3. The molecule has 8 rings (SSSR count). The lowest BCUT2D eigenvalue weighted by atomic mass is 9.80. The predicted octanol–water partition coefficient (Wildman–Crippen LogP) is 8.63. The first-order chi connectivity index (χ1) is 20.7. The molecule has 3 atom stereocenters. The molecule has 4 aliphatic carbocycles. The number of nitriles is 2. The Morgan fingerprint density at radius 2 is 1.69 bits per heavy atom. The van der Waals surface area contributed by atoms with Crippen LogP contribution in [0.5, 0.6) is 0 Å². The predicted molar refractivity (Wildman–Crippen MR) is 163 cm³/mol. The highest BCUT2D eigenvalue weighted by Gasteiger charge is 2.38. The minimum absolute atomic E-state index is 0.0248. The van der Waals surface area contributed by atoms with E-state index in [2.05, 4.69) is 66.8 Å². The summed E-state index contributed by atoms with van der Waals surface area (Å²) >= 11 is 0. The van der Waals surface area contributed by atoms with E-state index in [1.165, 1.54) is 28.7 Å². The molecule has 0 aromatic heterocycles. The molecule has 204 valence electrons. The Morgan fingerprint density at radius 1 is 0.786 bits per heavy atom. The Balaban J connectivity index is 1.28. The fourth-order valence-corrected chi connectivity index (χ4v) is 7.46. The summed E-state index contributed by atoms with van der Waals surface area (Å²) in [5.41, 5.74) is 12.1. The summed E-state index contributed by atoms with van der Waals surface area (Å²) in [6, 6.07) is 19.3. The zero-order valence-corrected chi connectivity index (χ0v) is 23.4. The third-order valence-electron chi connectivity index (χ3n) is 9.51. The highest BCUT2D eigenvalue weighted by atomic mass is 16.5. The molecule has 42 heavy (non-hydrogen) atoms. The molecule has 2 aliphatic heterocycles. The molecule has 6 aliphatic rings. The molecule has 0 spiro atoms. The van der Waals surface area contributed by atoms with Gasteiger partial charge in [0.2, 0.25) is 0 Å². The summed E-state index contributed by atoms with van der Waals surface area (Å²) in [4.78, 5) is 0. The maximum Gasteiger partial charge on any atom is 0.128 e. The van der Waals surface area contributed by atoms with Crippen LogP contribution >= 0.6 is 0 Å². The van der Waals surface area contributed by atoms with E-state index in [1.807, 2.05) is 24.3 Å². The van der Waals surface area contributed by atoms with Gasteiger partial charge in [-0.05, 0) is 120 Å². The molecule has 2 aromatic rings. The van der Waals surface area contributed by atoms with Gasteiger partial charge in [0.25, 0.3) is 0 Å². The Kier molecular flexibility index (Phi) is 5.90. The number of ether oxygens (including phenoxy) is 2. The van der Waals surface area contributed by atoms with Gasteiger partial charge < -0.3 is 9.47 Å². The van der Waals surface area contributed by atoms with Crippen molar-refractivity contribution in [3.05, 3.63) is 129 Å². The number of rotatable bonds is 3. The summed E-state index contributed by atoms with van der Waals surface area (Å²) in [6.07, 6.45) is 20.0. The van der Waals surface area contributed by atoms with Crippen LogP contribution in [0.3, 0.4) is 0 Å². The lowest BCUT2D eigenvalue weighted by Crippen LogP contribution is -2.19. The lowest BCUT2D eigenvalue weighted by Gasteiger charge is -2.23. The molecular formula is C38H30N2O2. The number of fused-ring (bicyclic) bond motifs is 4. The molecule has 2 heterocycles. The van der Waals surface area contributed by atoms with Crippen molar-refractivity contribution in [3.63, 3.8) is 0 Å². The second-order valence-electron chi connectivity index (χ2n) is 11.9. The average molecular weight is 547 g/mol. The van der Waals surface area contributed by atoms with Gasteiger partial charge in [-0.15, -0.1) is 0 Å². The van der Waals surface area contributed by atoms with Gasteiger partial charge in [-0.25, -0.2) is 0 Å². The smallest absolute Gasteiger partial charge is 0.128 e. The van der Waals surface area contributed by atoms with Crippen LogP contribution in [0.15, 0.2) is 113 Å². The maximum absolute atomic E-state index is 9.65. The van der Waals surface area contributed by atoms with Crippen molar-refractivity contribution >= 4 is 11.1 Å². The zero-order chi connectivity index (χ0) is 28.2. The first-order valence-corrected chi connectivity index (χ1v) is 15.0. The van der Waals surface area contributed by atoms with Crippen LogP contribution in [0.2, 0.25) is 0 Å². The van der Waals surface area contributed by atoms with E-state index < -0.39 is 0 Å². The molecule has 4 heteroatoms. The second-order valence-corrected chi connectivity index (χ2v) is 11.9. The molecular weight excluding hydrogens is 516 g/mol. The van der Waals surface area contributed by atoms with Crippen LogP contribution in [-0.4, -0.2) is 12.2 Å². The molecule has 3 unspecified atom stereocenters. The van der Waals surface area contributed by atoms with Gasteiger partial charge in [0.1, 0.15) is 23.7 Å². The van der Waals surface area contributed by atoms with Crippen molar-refractivity contribution in [2.45, 2.75) is 57.2 Å². The maximum atomic E-state index is 9.65. The van der Waals surface area contributed by atoms with Crippen LogP contribution < -0.4 is 0 Å². The highest BCUT2D eigenvalue weighted by molar-refractivity contribution is 5.88. The Hall–Kier alpha value is -4.80. The molecule has 0 radical (unpaired) electrons. The summed E-state index contributed by atoms with van der Waals surface area (Å²) in [6.45, 7) is 0. The van der Waals surface area contributed by atoms with Crippen molar-refractivity contribution in [2.24, 2.45) is 5.92 Å². The van der Waals surface area contributed by atoms with Gasteiger partial charge >= 0.3 is 0 Å². The largest absolute Gasteiger partial charge is 0.489 e. The monoisotopic (exact) mass is 546 g/mol. The van der Waals surface area contributed by atoms with Crippen molar-refractivity contribution in [1.29, 1.82) is 10.5 Å². The van der Waals surface area contributed by atoms with Crippen LogP contribution in [-0.2, 0) is 9.47 Å². The van der Waals surface area contributed by atoms with Gasteiger partial charge in [-0.2, -0.15) is 10.5 Å². The molecule has 0 saturated heterocycles. The van der Waals surface area contributed by atoms with Crippen LogP contribution in [0.1, 0.15) is 61.6 Å². The molecule has 0 saturated carbocycles. The first kappa shape index (κ1) is 25.0. The summed E-state index contributed by atoms with van der Waals surface area (Å²) < 4.78 is 12.9. The van der Waals surface area contributed by atoms with E-state index in [4.69, 9.17) is 9.47 Å². The van der Waals surface area contributed by atoms with Crippen LogP contribution in [0.4, 0.5) is 0 Å². The molecule has 4 nitrogen and oxygen atoms in total. The summed E-state index contributed by atoms with van der Waals surface area (Å²) in [5, 5.41) is 19.3. The zero-order valence-electron chi connectivity index (χ0n) is 23.4. The topological polar surface area (TPSA) is 66.0 Å². The lowest BCUT2D eigenvalue weighted by molar-refractivity contribution is 0.153. The van der Waals surface area contributed by atoms with Crippen LogP contribution in [0, 0.1) is 28.6 Å². The minimum Gasteiger partial charge on any atom is -0.489 e. The van der Waals surface area contributed by atoms with Crippen LogP contribution in [0.25, 0.3) is 22.3 Å².